The summed E-state index contributed by atoms with van der Waals surface area (Å²) in [5, 5.41) is 6.12. The summed E-state index contributed by atoms with van der Waals surface area (Å²) < 4.78 is 43.7. The van der Waals surface area contributed by atoms with Crippen molar-refractivity contribution in [1.82, 2.24) is 15.5 Å². The maximum Gasteiger partial charge on any atom is 0.191 e. The Morgan fingerprint density at radius 3 is 2.67 bits per heavy atom. The Balaban J connectivity index is 1.89. The summed E-state index contributed by atoms with van der Waals surface area (Å²) in [5.74, 6) is -0.379. The van der Waals surface area contributed by atoms with Crippen molar-refractivity contribution in [2.45, 2.75) is 24.8 Å². The lowest BCUT2D eigenvalue weighted by atomic mass is 10.2. The predicted molar refractivity (Wildman–Crippen MR) is 104 cm³/mol. The molecule has 0 amide bonds. The molecule has 1 aliphatic heterocycles. The van der Waals surface area contributed by atoms with Crippen LogP contribution in [-0.2, 0) is 14.6 Å². The third-order valence-corrected chi connectivity index (χ3v) is 6.10. The van der Waals surface area contributed by atoms with Gasteiger partial charge in [-0.25, -0.2) is 12.8 Å². The normalized spacial score (nSPS) is 17.5. The largest absolute Gasteiger partial charge is 0.379 e. The fourth-order valence-electron chi connectivity index (χ4n) is 2.81. The maximum absolute atomic E-state index is 13.7. The van der Waals surface area contributed by atoms with Gasteiger partial charge in [-0.05, 0) is 26.0 Å². The number of hydrogen-bond acceptors (Lipinski definition) is 5. The molecular weight excluding hydrogens is 371 g/mol. The Morgan fingerprint density at radius 1 is 1.30 bits per heavy atom. The van der Waals surface area contributed by atoms with E-state index in [4.69, 9.17) is 4.74 Å². The number of nitrogens with one attached hydrogen (secondary N) is 2. The highest BCUT2D eigenvalue weighted by molar-refractivity contribution is 7.91. The Labute approximate surface area is 160 Å². The van der Waals surface area contributed by atoms with Crippen LogP contribution in [0.2, 0.25) is 0 Å². The zero-order valence-corrected chi connectivity index (χ0v) is 16.8. The molecule has 0 saturated carbocycles. The SMILES string of the molecule is CCNC(=NCC(C)N1CCOCC1)NCCS(=O)(=O)c1ccccc1F. The van der Waals surface area contributed by atoms with Gasteiger partial charge in [-0.1, -0.05) is 12.1 Å². The van der Waals surface area contributed by atoms with E-state index in [2.05, 4.69) is 27.4 Å². The maximum atomic E-state index is 13.7. The molecule has 0 radical (unpaired) electrons. The third kappa shape index (κ3) is 6.75. The minimum Gasteiger partial charge on any atom is -0.379 e. The first-order valence-corrected chi connectivity index (χ1v) is 10.9. The monoisotopic (exact) mass is 400 g/mol. The highest BCUT2D eigenvalue weighted by Gasteiger charge is 2.19. The van der Waals surface area contributed by atoms with Gasteiger partial charge in [0.15, 0.2) is 15.8 Å². The van der Waals surface area contributed by atoms with E-state index in [0.717, 1.165) is 32.4 Å². The van der Waals surface area contributed by atoms with Gasteiger partial charge in [0, 0.05) is 32.2 Å². The average Bonchev–Trinajstić information content (AvgIpc) is 2.66. The van der Waals surface area contributed by atoms with Crippen LogP contribution in [0.15, 0.2) is 34.2 Å². The number of guanidine groups is 1. The second kappa shape index (κ2) is 10.6. The lowest BCUT2D eigenvalue weighted by molar-refractivity contribution is 0.0220. The Hall–Kier alpha value is -1.71. The number of hydrogen-bond donors (Lipinski definition) is 2. The molecule has 7 nitrogen and oxygen atoms in total. The summed E-state index contributed by atoms with van der Waals surface area (Å²) >= 11 is 0. The number of aliphatic imine (C=N–C) groups is 1. The van der Waals surface area contributed by atoms with E-state index in [1.165, 1.54) is 18.2 Å². The molecular formula is C18H29FN4O3S. The molecule has 1 heterocycles. The van der Waals surface area contributed by atoms with Crippen LogP contribution in [0.3, 0.4) is 0 Å². The first kappa shape index (κ1) is 21.6. The molecule has 9 heteroatoms. The minimum atomic E-state index is -3.69. The van der Waals surface area contributed by atoms with Gasteiger partial charge >= 0.3 is 0 Å². The van der Waals surface area contributed by atoms with Crippen molar-refractivity contribution in [1.29, 1.82) is 0 Å². The Kier molecular flexibility index (Phi) is 8.46. The van der Waals surface area contributed by atoms with E-state index in [1.807, 2.05) is 6.92 Å². The molecule has 0 aromatic heterocycles. The molecule has 152 valence electrons. The fourth-order valence-corrected chi connectivity index (χ4v) is 4.05. The first-order chi connectivity index (χ1) is 12.9. The standard InChI is InChI=1S/C18H29FN4O3S/c1-3-20-18(22-14-15(2)23-9-11-26-12-10-23)21-8-13-27(24,25)17-7-5-4-6-16(17)19/h4-7,15H,3,8-14H2,1-2H3,(H2,20,21,22). The topological polar surface area (TPSA) is 83.0 Å². The zero-order valence-electron chi connectivity index (χ0n) is 15.9. The van der Waals surface area contributed by atoms with Crippen molar-refractivity contribution in [3.05, 3.63) is 30.1 Å². The van der Waals surface area contributed by atoms with Gasteiger partial charge < -0.3 is 15.4 Å². The van der Waals surface area contributed by atoms with Crippen molar-refractivity contribution in [2.24, 2.45) is 4.99 Å². The second-order valence-corrected chi connectivity index (χ2v) is 8.47. The van der Waals surface area contributed by atoms with E-state index in [9.17, 15) is 12.8 Å². The van der Waals surface area contributed by atoms with E-state index in [1.54, 1.807) is 0 Å². The highest BCUT2D eigenvalue weighted by Crippen LogP contribution is 2.14. The Bertz CT molecular complexity index is 721. The summed E-state index contributed by atoms with van der Waals surface area (Å²) in [6, 6.07) is 5.69. The Morgan fingerprint density at radius 2 is 2.00 bits per heavy atom. The van der Waals surface area contributed by atoms with Crippen LogP contribution in [0.25, 0.3) is 0 Å². The second-order valence-electron chi connectivity index (χ2n) is 6.39. The van der Waals surface area contributed by atoms with Crippen LogP contribution in [0.1, 0.15) is 13.8 Å². The van der Waals surface area contributed by atoms with Crippen molar-refractivity contribution >= 4 is 15.8 Å². The molecule has 0 spiro atoms. The number of sulfone groups is 1. The number of halogens is 1. The number of benzene rings is 1. The molecule has 1 saturated heterocycles. The summed E-state index contributed by atoms with van der Waals surface area (Å²) in [6.07, 6.45) is 0. The summed E-state index contributed by atoms with van der Waals surface area (Å²) in [4.78, 5) is 6.59. The van der Waals surface area contributed by atoms with E-state index in [0.29, 0.717) is 19.0 Å². The molecule has 1 fully saturated rings. The molecule has 27 heavy (non-hydrogen) atoms. The van der Waals surface area contributed by atoms with Crippen LogP contribution in [0, 0.1) is 5.82 Å². The number of nitrogens with zero attached hydrogens (tertiary/aromatic N) is 2. The number of ether oxygens (including phenoxy) is 1. The molecule has 2 N–H and O–H groups in total. The van der Waals surface area contributed by atoms with Crippen molar-refractivity contribution in [3.63, 3.8) is 0 Å². The van der Waals surface area contributed by atoms with Crippen molar-refractivity contribution < 1.29 is 17.5 Å². The molecule has 2 rings (SSSR count). The van der Waals surface area contributed by atoms with Gasteiger partial charge in [-0.3, -0.25) is 9.89 Å². The molecule has 1 unspecified atom stereocenters. The molecule has 1 atom stereocenters. The molecule has 1 aromatic rings. The first-order valence-electron chi connectivity index (χ1n) is 9.25. The van der Waals surface area contributed by atoms with Gasteiger partial charge in [0.2, 0.25) is 0 Å². The quantitative estimate of drug-likeness (QED) is 0.498. The lowest BCUT2D eigenvalue weighted by Gasteiger charge is -2.31. The van der Waals surface area contributed by atoms with Crippen molar-refractivity contribution in [3.8, 4) is 0 Å². The summed E-state index contributed by atoms with van der Waals surface area (Å²) in [6.45, 7) is 8.71. The molecule has 1 aromatic carbocycles. The average molecular weight is 401 g/mol. The van der Waals surface area contributed by atoms with Crippen LogP contribution in [0.5, 0.6) is 0 Å². The predicted octanol–water partition coefficient (Wildman–Crippen LogP) is 0.875. The minimum absolute atomic E-state index is 0.147. The van der Waals surface area contributed by atoms with E-state index in [-0.39, 0.29) is 23.2 Å². The summed E-state index contributed by atoms with van der Waals surface area (Å²) in [7, 11) is -3.69. The molecule has 0 bridgehead atoms. The third-order valence-electron chi connectivity index (χ3n) is 4.36. The van der Waals surface area contributed by atoms with Gasteiger partial charge in [-0.15, -0.1) is 0 Å². The van der Waals surface area contributed by atoms with Crippen LogP contribution in [-0.4, -0.2) is 77.0 Å². The van der Waals surface area contributed by atoms with Crippen LogP contribution >= 0.6 is 0 Å². The number of rotatable bonds is 8. The van der Waals surface area contributed by atoms with Gasteiger partial charge in [0.05, 0.1) is 25.5 Å². The molecule has 1 aliphatic rings. The number of morpholine rings is 1. The highest BCUT2D eigenvalue weighted by atomic mass is 32.2. The van der Waals surface area contributed by atoms with Gasteiger partial charge in [-0.2, -0.15) is 0 Å². The van der Waals surface area contributed by atoms with Crippen molar-refractivity contribution in [2.75, 3.05) is 51.7 Å². The van der Waals surface area contributed by atoms with Crippen LogP contribution < -0.4 is 10.6 Å². The van der Waals surface area contributed by atoms with E-state index < -0.39 is 15.7 Å². The zero-order chi connectivity index (χ0) is 19.7. The summed E-state index contributed by atoms with van der Waals surface area (Å²) in [5.41, 5.74) is 0. The fraction of sp³-hybridized carbons (Fsp3) is 0.611. The smallest absolute Gasteiger partial charge is 0.191 e. The van der Waals surface area contributed by atoms with Gasteiger partial charge in [0.1, 0.15) is 10.7 Å². The van der Waals surface area contributed by atoms with Gasteiger partial charge in [0.25, 0.3) is 0 Å². The van der Waals surface area contributed by atoms with E-state index >= 15 is 0 Å². The van der Waals surface area contributed by atoms with Crippen LogP contribution in [0.4, 0.5) is 4.39 Å². The lowest BCUT2D eigenvalue weighted by Crippen LogP contribution is -2.45. The molecule has 0 aliphatic carbocycles.